The molecule has 2 aliphatic rings. The van der Waals surface area contributed by atoms with Crippen molar-refractivity contribution in [3.8, 4) is 11.5 Å². The second-order valence-electron chi connectivity index (χ2n) is 6.26. The maximum absolute atomic E-state index is 12.4. The van der Waals surface area contributed by atoms with E-state index in [9.17, 15) is 9.90 Å². The van der Waals surface area contributed by atoms with E-state index in [1.54, 1.807) is 24.3 Å². The van der Waals surface area contributed by atoms with Crippen molar-refractivity contribution >= 4 is 5.91 Å². The predicted octanol–water partition coefficient (Wildman–Crippen LogP) is 1.83. The molecule has 2 atom stereocenters. The minimum absolute atomic E-state index is 0.0888. The van der Waals surface area contributed by atoms with Gasteiger partial charge in [-0.15, -0.1) is 0 Å². The lowest BCUT2D eigenvalue weighted by atomic mass is 9.94. The van der Waals surface area contributed by atoms with Gasteiger partial charge in [0, 0.05) is 0 Å². The minimum Gasteiger partial charge on any atom is -0.485 e. The summed E-state index contributed by atoms with van der Waals surface area (Å²) in [6, 6.07) is 10.7. The van der Waals surface area contributed by atoms with E-state index in [1.165, 1.54) is 6.26 Å². The molecule has 1 aromatic carbocycles. The highest BCUT2D eigenvalue weighted by Gasteiger charge is 2.47. The Bertz CT molecular complexity index is 725. The summed E-state index contributed by atoms with van der Waals surface area (Å²) in [5.41, 5.74) is -1.17. The van der Waals surface area contributed by atoms with E-state index in [2.05, 4.69) is 5.32 Å². The summed E-state index contributed by atoms with van der Waals surface area (Å²) in [7, 11) is 0. The van der Waals surface area contributed by atoms with Gasteiger partial charge in [-0.2, -0.15) is 0 Å². The van der Waals surface area contributed by atoms with Gasteiger partial charge in [0.25, 0.3) is 5.91 Å². The standard InChI is InChI=1S/C18H19NO5/c20-17(15-10-23-13-4-1-2-5-14(13)24-15)19-11-18(21,12-7-8-12)16-6-3-9-22-16/h1-6,9,12,15,21H,7-8,10-11H2,(H,19,20)/t15-,18-/m0/s1. The molecule has 1 aliphatic carbocycles. The third-order valence-corrected chi connectivity index (χ3v) is 4.53. The van der Waals surface area contributed by atoms with Crippen molar-refractivity contribution in [1.82, 2.24) is 5.32 Å². The molecule has 1 aliphatic heterocycles. The molecule has 4 rings (SSSR count). The predicted molar refractivity (Wildman–Crippen MR) is 84.7 cm³/mol. The molecule has 0 spiro atoms. The van der Waals surface area contributed by atoms with Crippen LogP contribution < -0.4 is 14.8 Å². The van der Waals surface area contributed by atoms with E-state index in [0.29, 0.717) is 17.3 Å². The van der Waals surface area contributed by atoms with Gasteiger partial charge >= 0.3 is 0 Å². The molecule has 0 bridgehead atoms. The Morgan fingerprint density at radius 1 is 1.21 bits per heavy atom. The number of hydrogen-bond acceptors (Lipinski definition) is 5. The highest BCUT2D eigenvalue weighted by molar-refractivity contribution is 5.81. The van der Waals surface area contributed by atoms with Gasteiger partial charge in [0.15, 0.2) is 11.5 Å². The number of furan rings is 1. The zero-order valence-electron chi connectivity index (χ0n) is 13.1. The van der Waals surface area contributed by atoms with Crippen molar-refractivity contribution in [2.45, 2.75) is 24.5 Å². The van der Waals surface area contributed by atoms with Crippen molar-refractivity contribution in [2.24, 2.45) is 5.92 Å². The van der Waals surface area contributed by atoms with Gasteiger partial charge in [-0.05, 0) is 43.0 Å². The Morgan fingerprint density at radius 2 is 2.00 bits per heavy atom. The first-order valence-corrected chi connectivity index (χ1v) is 8.09. The number of ether oxygens (including phenoxy) is 2. The molecule has 2 N–H and O–H groups in total. The quantitative estimate of drug-likeness (QED) is 0.875. The van der Waals surface area contributed by atoms with Crippen LogP contribution in [-0.4, -0.2) is 30.3 Å². The molecule has 6 heteroatoms. The van der Waals surface area contributed by atoms with Crippen molar-refractivity contribution < 1.29 is 23.8 Å². The van der Waals surface area contributed by atoms with Crippen LogP contribution in [0, 0.1) is 5.92 Å². The number of nitrogens with one attached hydrogen (secondary N) is 1. The van der Waals surface area contributed by atoms with Crippen molar-refractivity contribution in [2.75, 3.05) is 13.2 Å². The summed E-state index contributed by atoms with van der Waals surface area (Å²) in [5, 5.41) is 13.7. The highest BCUT2D eigenvalue weighted by atomic mass is 16.6. The molecule has 6 nitrogen and oxygen atoms in total. The molecule has 0 saturated heterocycles. The summed E-state index contributed by atoms with van der Waals surface area (Å²) in [6.07, 6.45) is 2.63. The third kappa shape index (κ3) is 2.73. The van der Waals surface area contributed by atoms with E-state index in [4.69, 9.17) is 13.9 Å². The molecule has 2 heterocycles. The molecular weight excluding hydrogens is 310 g/mol. The number of para-hydroxylation sites is 2. The molecule has 0 unspecified atom stereocenters. The van der Waals surface area contributed by atoms with Crippen LogP contribution in [0.3, 0.4) is 0 Å². The lowest BCUT2D eigenvalue weighted by molar-refractivity contribution is -0.132. The molecule has 0 radical (unpaired) electrons. The SMILES string of the molecule is O=C(NC[C@@](O)(c1ccco1)C1CC1)[C@@H]1COc2ccccc2O1. The van der Waals surface area contributed by atoms with Gasteiger partial charge in [-0.25, -0.2) is 0 Å². The van der Waals surface area contributed by atoms with Crippen LogP contribution in [-0.2, 0) is 10.4 Å². The molecule has 1 saturated carbocycles. The summed E-state index contributed by atoms with van der Waals surface area (Å²) >= 11 is 0. The van der Waals surface area contributed by atoms with Crippen molar-refractivity contribution in [3.05, 3.63) is 48.4 Å². The number of fused-ring (bicyclic) bond motifs is 1. The molecule has 126 valence electrons. The van der Waals surface area contributed by atoms with Gasteiger partial charge in [0.1, 0.15) is 18.0 Å². The van der Waals surface area contributed by atoms with Crippen LogP contribution in [0.5, 0.6) is 11.5 Å². The number of aliphatic hydroxyl groups is 1. The lowest BCUT2D eigenvalue weighted by Gasteiger charge is -2.29. The number of amides is 1. The number of carbonyl (C=O) groups is 1. The second kappa shape index (κ2) is 5.87. The average molecular weight is 329 g/mol. The van der Waals surface area contributed by atoms with E-state index in [-0.39, 0.29) is 25.0 Å². The van der Waals surface area contributed by atoms with E-state index in [0.717, 1.165) is 12.8 Å². The van der Waals surface area contributed by atoms with Crippen LogP contribution in [0.2, 0.25) is 0 Å². The monoisotopic (exact) mass is 329 g/mol. The fourth-order valence-corrected chi connectivity index (χ4v) is 3.00. The maximum atomic E-state index is 12.4. The summed E-state index contributed by atoms with van der Waals surface area (Å²) in [5.74, 6) is 1.46. The van der Waals surface area contributed by atoms with Gasteiger partial charge < -0.3 is 24.3 Å². The topological polar surface area (TPSA) is 80.9 Å². The van der Waals surface area contributed by atoms with Crippen LogP contribution in [0.15, 0.2) is 47.1 Å². The van der Waals surface area contributed by atoms with E-state index >= 15 is 0 Å². The molecule has 1 amide bonds. The Hall–Kier alpha value is -2.47. The normalized spacial score (nSPS) is 21.8. The number of carbonyl (C=O) groups excluding carboxylic acids is 1. The molecular formula is C18H19NO5. The fourth-order valence-electron chi connectivity index (χ4n) is 3.00. The molecule has 2 aromatic rings. The summed E-state index contributed by atoms with van der Waals surface area (Å²) < 4.78 is 16.6. The number of rotatable bonds is 5. The summed E-state index contributed by atoms with van der Waals surface area (Å²) in [6.45, 7) is 0.233. The number of hydrogen-bond donors (Lipinski definition) is 2. The largest absolute Gasteiger partial charge is 0.485 e. The second-order valence-corrected chi connectivity index (χ2v) is 6.26. The van der Waals surface area contributed by atoms with Crippen molar-refractivity contribution in [3.63, 3.8) is 0 Å². The van der Waals surface area contributed by atoms with Gasteiger partial charge in [0.05, 0.1) is 12.8 Å². The first kappa shape index (κ1) is 15.1. The molecule has 1 fully saturated rings. The zero-order valence-corrected chi connectivity index (χ0v) is 13.1. The Kier molecular flexibility index (Phi) is 3.69. The zero-order chi connectivity index (χ0) is 16.6. The Balaban J connectivity index is 1.41. The Morgan fingerprint density at radius 3 is 2.71 bits per heavy atom. The lowest BCUT2D eigenvalue weighted by Crippen LogP contribution is -2.49. The van der Waals surface area contributed by atoms with E-state index in [1.807, 2.05) is 12.1 Å². The van der Waals surface area contributed by atoms with E-state index < -0.39 is 11.7 Å². The third-order valence-electron chi connectivity index (χ3n) is 4.53. The van der Waals surface area contributed by atoms with Crippen LogP contribution >= 0.6 is 0 Å². The number of benzene rings is 1. The molecule has 1 aromatic heterocycles. The minimum atomic E-state index is -1.17. The smallest absolute Gasteiger partial charge is 0.264 e. The van der Waals surface area contributed by atoms with Crippen LogP contribution in [0.25, 0.3) is 0 Å². The van der Waals surface area contributed by atoms with Crippen molar-refractivity contribution in [1.29, 1.82) is 0 Å². The maximum Gasteiger partial charge on any atom is 0.264 e. The van der Waals surface area contributed by atoms with Gasteiger partial charge in [-0.1, -0.05) is 12.1 Å². The Labute approximate surface area is 139 Å². The first-order valence-electron chi connectivity index (χ1n) is 8.09. The van der Waals surface area contributed by atoms with Gasteiger partial charge in [-0.3, -0.25) is 4.79 Å². The fraction of sp³-hybridized carbons (Fsp3) is 0.389. The summed E-state index contributed by atoms with van der Waals surface area (Å²) in [4.78, 5) is 12.4. The molecule has 24 heavy (non-hydrogen) atoms. The first-order chi connectivity index (χ1) is 11.7. The van der Waals surface area contributed by atoms with Gasteiger partial charge in [0.2, 0.25) is 6.10 Å². The highest BCUT2D eigenvalue weighted by Crippen LogP contribution is 2.45. The van der Waals surface area contributed by atoms with Crippen LogP contribution in [0.1, 0.15) is 18.6 Å². The van der Waals surface area contributed by atoms with Crippen LogP contribution in [0.4, 0.5) is 0 Å². The average Bonchev–Trinajstić information content (AvgIpc) is 3.34.